The van der Waals surface area contributed by atoms with Gasteiger partial charge in [-0.1, -0.05) is 68.8 Å². The molecule has 3 rings (SSSR count). The molecule has 0 spiro atoms. The zero-order chi connectivity index (χ0) is 28.6. The molecule has 0 fully saturated rings. The van der Waals surface area contributed by atoms with Crippen molar-refractivity contribution >= 4 is 39.5 Å². The molecule has 0 aromatic heterocycles. The molecular weight excluding hydrogens is 496 g/mol. The second-order valence-electron chi connectivity index (χ2n) is 11.0. The number of aliphatic hydroxyl groups is 1. The Kier molecular flexibility index (Phi) is 10.1. The van der Waals surface area contributed by atoms with Crippen LogP contribution in [0.15, 0.2) is 54.6 Å². The molecule has 2 atom stereocenters. The van der Waals surface area contributed by atoms with Gasteiger partial charge in [0.05, 0.1) is 23.0 Å². The lowest BCUT2D eigenvalue weighted by atomic mass is 9.72. The van der Waals surface area contributed by atoms with Gasteiger partial charge in [-0.05, 0) is 67.6 Å². The molecule has 0 aliphatic heterocycles. The Morgan fingerprint density at radius 1 is 0.821 bits per heavy atom. The van der Waals surface area contributed by atoms with Crippen LogP contribution in [0.25, 0.3) is 21.5 Å². The van der Waals surface area contributed by atoms with E-state index in [2.05, 4.69) is 0 Å². The van der Waals surface area contributed by atoms with E-state index in [-0.39, 0.29) is 25.6 Å². The molecule has 2 unspecified atom stereocenters. The van der Waals surface area contributed by atoms with E-state index in [1.54, 1.807) is 20.8 Å². The zero-order valence-corrected chi connectivity index (χ0v) is 23.6. The summed E-state index contributed by atoms with van der Waals surface area (Å²) in [5.41, 5.74) is -1.40. The third-order valence-corrected chi connectivity index (χ3v) is 7.18. The van der Waals surface area contributed by atoms with Gasteiger partial charge >= 0.3 is 17.9 Å². The molecule has 3 aromatic rings. The minimum absolute atomic E-state index is 0.236. The monoisotopic (exact) mass is 536 g/mol. The van der Waals surface area contributed by atoms with Gasteiger partial charge in [0, 0.05) is 0 Å². The van der Waals surface area contributed by atoms with Crippen molar-refractivity contribution in [2.75, 3.05) is 19.8 Å². The fraction of sp³-hybridized carbons (Fsp3) is 0.469. The van der Waals surface area contributed by atoms with Gasteiger partial charge in [0.25, 0.3) is 0 Å². The van der Waals surface area contributed by atoms with Gasteiger partial charge in [-0.3, -0.25) is 9.59 Å². The van der Waals surface area contributed by atoms with Gasteiger partial charge in [-0.25, -0.2) is 4.79 Å². The standard InChI is InChI=1S/C32H40O7/c1-6-8-17-37-29(35)31(3,4)21-32(5,7-2)30(36)39-20-24(33)19-38-28(34)27-25-15-11-9-13-22(25)18-23-14-10-12-16-26(23)27/h9-16,18,24,33H,6-8,17,19-21H2,1-5H3. The van der Waals surface area contributed by atoms with E-state index >= 15 is 0 Å². The van der Waals surface area contributed by atoms with E-state index in [4.69, 9.17) is 14.2 Å². The molecule has 0 saturated heterocycles. The van der Waals surface area contributed by atoms with Crippen molar-refractivity contribution in [3.05, 3.63) is 60.2 Å². The fourth-order valence-corrected chi connectivity index (χ4v) is 4.77. The maximum absolute atomic E-state index is 13.2. The Bertz CT molecular complexity index is 1260. The van der Waals surface area contributed by atoms with Crippen LogP contribution in [0.3, 0.4) is 0 Å². The summed E-state index contributed by atoms with van der Waals surface area (Å²) < 4.78 is 16.3. The summed E-state index contributed by atoms with van der Waals surface area (Å²) in [6.45, 7) is 8.82. The summed E-state index contributed by atoms with van der Waals surface area (Å²) in [7, 11) is 0. The number of esters is 3. The highest BCUT2D eigenvalue weighted by atomic mass is 16.6. The van der Waals surface area contributed by atoms with Crippen molar-refractivity contribution in [1.82, 2.24) is 0 Å². The van der Waals surface area contributed by atoms with Crippen LogP contribution in [0, 0.1) is 10.8 Å². The zero-order valence-electron chi connectivity index (χ0n) is 23.6. The molecule has 0 bridgehead atoms. The van der Waals surface area contributed by atoms with Crippen LogP contribution in [-0.4, -0.2) is 48.9 Å². The quantitative estimate of drug-likeness (QED) is 0.120. The first-order chi connectivity index (χ1) is 18.5. The molecular formula is C32H40O7. The van der Waals surface area contributed by atoms with Crippen LogP contribution >= 0.6 is 0 Å². The molecule has 39 heavy (non-hydrogen) atoms. The van der Waals surface area contributed by atoms with Crippen molar-refractivity contribution in [1.29, 1.82) is 0 Å². The van der Waals surface area contributed by atoms with E-state index in [0.717, 1.165) is 34.4 Å². The first kappa shape index (κ1) is 30.1. The molecule has 0 amide bonds. The fourth-order valence-electron chi connectivity index (χ4n) is 4.77. The van der Waals surface area contributed by atoms with Crippen molar-refractivity contribution in [2.45, 2.75) is 66.4 Å². The van der Waals surface area contributed by atoms with Crippen LogP contribution in [0.5, 0.6) is 0 Å². The first-order valence-electron chi connectivity index (χ1n) is 13.6. The summed E-state index contributed by atoms with van der Waals surface area (Å²) in [6, 6.07) is 17.2. The number of carbonyl (C=O) groups is 3. The van der Waals surface area contributed by atoms with Gasteiger partial charge in [-0.15, -0.1) is 0 Å². The molecule has 0 saturated carbocycles. The Morgan fingerprint density at radius 3 is 1.95 bits per heavy atom. The highest BCUT2D eigenvalue weighted by Crippen LogP contribution is 2.38. The van der Waals surface area contributed by atoms with E-state index < -0.39 is 28.9 Å². The summed E-state index contributed by atoms with van der Waals surface area (Å²) >= 11 is 0. The SMILES string of the molecule is CCCCOC(=O)C(C)(C)CC(C)(CC)C(=O)OCC(O)COC(=O)c1c2ccccc2cc2ccccc12. The van der Waals surface area contributed by atoms with E-state index in [0.29, 0.717) is 18.6 Å². The third kappa shape index (κ3) is 7.35. The topological polar surface area (TPSA) is 99.1 Å². The minimum atomic E-state index is -1.20. The average molecular weight is 537 g/mol. The van der Waals surface area contributed by atoms with Gasteiger partial charge in [0.1, 0.15) is 19.3 Å². The molecule has 7 heteroatoms. The number of hydrogen-bond acceptors (Lipinski definition) is 7. The summed E-state index contributed by atoms with van der Waals surface area (Å²) in [4.78, 5) is 38.8. The lowest BCUT2D eigenvalue weighted by Gasteiger charge is -2.33. The Hall–Kier alpha value is -3.45. The summed E-state index contributed by atoms with van der Waals surface area (Å²) in [5.74, 6) is -1.43. The first-order valence-corrected chi connectivity index (χ1v) is 13.6. The highest BCUT2D eigenvalue weighted by molar-refractivity contribution is 6.16. The van der Waals surface area contributed by atoms with Crippen LogP contribution in [0.2, 0.25) is 0 Å². The lowest BCUT2D eigenvalue weighted by molar-refractivity contribution is -0.165. The number of aliphatic hydroxyl groups excluding tert-OH is 1. The van der Waals surface area contributed by atoms with Crippen LogP contribution in [-0.2, 0) is 23.8 Å². The number of carbonyl (C=O) groups excluding carboxylic acids is 3. The van der Waals surface area contributed by atoms with Crippen molar-refractivity contribution in [2.24, 2.45) is 10.8 Å². The summed E-state index contributed by atoms with van der Waals surface area (Å²) in [5, 5.41) is 13.8. The molecule has 210 valence electrons. The molecule has 0 aliphatic carbocycles. The van der Waals surface area contributed by atoms with Gasteiger partial charge in [0.15, 0.2) is 0 Å². The minimum Gasteiger partial charge on any atom is -0.465 e. The second kappa shape index (κ2) is 13.1. The van der Waals surface area contributed by atoms with Crippen LogP contribution < -0.4 is 0 Å². The van der Waals surface area contributed by atoms with E-state index in [1.165, 1.54) is 0 Å². The number of benzene rings is 3. The third-order valence-electron chi connectivity index (χ3n) is 7.18. The molecule has 0 heterocycles. The van der Waals surface area contributed by atoms with E-state index in [9.17, 15) is 19.5 Å². The molecule has 1 N–H and O–H groups in total. The van der Waals surface area contributed by atoms with Gasteiger partial charge < -0.3 is 19.3 Å². The van der Waals surface area contributed by atoms with Crippen molar-refractivity contribution in [3.8, 4) is 0 Å². The number of fused-ring (bicyclic) bond motifs is 2. The molecule has 0 aliphatic rings. The Balaban J connectivity index is 1.61. The molecule has 0 radical (unpaired) electrons. The summed E-state index contributed by atoms with van der Waals surface area (Å²) in [6.07, 6.45) is 1.18. The maximum Gasteiger partial charge on any atom is 0.339 e. The molecule has 3 aromatic carbocycles. The van der Waals surface area contributed by atoms with E-state index in [1.807, 2.05) is 68.4 Å². The van der Waals surface area contributed by atoms with Crippen molar-refractivity contribution < 1.29 is 33.7 Å². The predicted molar refractivity (Wildman–Crippen MR) is 151 cm³/mol. The predicted octanol–water partition coefficient (Wildman–Crippen LogP) is 6.23. The smallest absolute Gasteiger partial charge is 0.339 e. The van der Waals surface area contributed by atoms with Gasteiger partial charge in [-0.2, -0.15) is 0 Å². The number of rotatable bonds is 13. The van der Waals surface area contributed by atoms with Crippen LogP contribution in [0.1, 0.15) is 70.7 Å². The Labute approximate surface area is 230 Å². The number of hydrogen-bond donors (Lipinski definition) is 1. The average Bonchev–Trinajstić information content (AvgIpc) is 2.92. The number of unbranched alkanes of at least 4 members (excludes halogenated alkanes) is 1. The largest absolute Gasteiger partial charge is 0.465 e. The lowest BCUT2D eigenvalue weighted by Crippen LogP contribution is -2.39. The molecule has 7 nitrogen and oxygen atoms in total. The Morgan fingerprint density at radius 2 is 1.38 bits per heavy atom. The van der Waals surface area contributed by atoms with Crippen molar-refractivity contribution in [3.63, 3.8) is 0 Å². The van der Waals surface area contributed by atoms with Gasteiger partial charge in [0.2, 0.25) is 0 Å². The maximum atomic E-state index is 13.2. The van der Waals surface area contributed by atoms with Crippen LogP contribution in [0.4, 0.5) is 0 Å². The normalized spacial score (nSPS) is 14.0. The second-order valence-corrected chi connectivity index (χ2v) is 11.0. The number of ether oxygens (including phenoxy) is 3. The highest BCUT2D eigenvalue weighted by Gasteiger charge is 2.43.